The van der Waals surface area contributed by atoms with Gasteiger partial charge in [0.15, 0.2) is 0 Å². The summed E-state index contributed by atoms with van der Waals surface area (Å²) in [7, 11) is -2.36. The van der Waals surface area contributed by atoms with E-state index >= 15 is 0 Å². The Balaban J connectivity index is 1.79. The van der Waals surface area contributed by atoms with Gasteiger partial charge in [0.05, 0.1) is 9.82 Å². The first-order chi connectivity index (χ1) is 13.3. The van der Waals surface area contributed by atoms with E-state index in [1.165, 1.54) is 28.8 Å². The van der Waals surface area contributed by atoms with Crippen LogP contribution in [0.5, 0.6) is 0 Å². The maximum atomic E-state index is 13.4. The van der Waals surface area contributed by atoms with E-state index in [-0.39, 0.29) is 17.9 Å². The lowest BCUT2D eigenvalue weighted by molar-refractivity contribution is -0.387. The van der Waals surface area contributed by atoms with E-state index < -0.39 is 32.5 Å². The molecule has 0 N–H and O–H groups in total. The standard InChI is InChI=1S/C17H18FN3O5S2/c1-20(8-7-11-5-6-13(18)15(9-11)21(23)24)28(25,26)16-10-27-17-12(16)3-2-4-14(17)19-22/h5-6,9-10,14H,2-4,7-8H2,1H3. The van der Waals surface area contributed by atoms with Crippen LogP contribution in [0.15, 0.2) is 33.7 Å². The minimum atomic E-state index is -3.78. The lowest BCUT2D eigenvalue weighted by Crippen LogP contribution is -2.29. The Morgan fingerprint density at radius 3 is 2.86 bits per heavy atom. The van der Waals surface area contributed by atoms with Gasteiger partial charge in [-0.3, -0.25) is 10.1 Å². The van der Waals surface area contributed by atoms with Gasteiger partial charge in [0.25, 0.3) is 0 Å². The summed E-state index contributed by atoms with van der Waals surface area (Å²) in [6.45, 7) is 0.0745. The van der Waals surface area contributed by atoms with Crippen molar-refractivity contribution >= 4 is 27.0 Å². The van der Waals surface area contributed by atoms with Crippen LogP contribution in [0.3, 0.4) is 0 Å². The van der Waals surface area contributed by atoms with E-state index in [4.69, 9.17) is 0 Å². The quantitative estimate of drug-likeness (QED) is 0.379. The molecule has 1 aliphatic carbocycles. The van der Waals surface area contributed by atoms with E-state index in [0.29, 0.717) is 35.3 Å². The van der Waals surface area contributed by atoms with Crippen LogP contribution in [0, 0.1) is 20.8 Å². The van der Waals surface area contributed by atoms with Crippen molar-refractivity contribution in [2.45, 2.75) is 36.6 Å². The molecule has 0 aliphatic heterocycles. The first-order valence-corrected chi connectivity index (χ1v) is 10.9. The molecule has 1 aliphatic rings. The second kappa shape index (κ2) is 8.02. The minimum absolute atomic E-state index is 0.0745. The van der Waals surface area contributed by atoms with Crippen LogP contribution >= 0.6 is 11.3 Å². The Labute approximate surface area is 165 Å². The van der Waals surface area contributed by atoms with Gasteiger partial charge in [-0.25, -0.2) is 12.7 Å². The number of rotatable bonds is 7. The topological polar surface area (TPSA) is 110 Å². The maximum Gasteiger partial charge on any atom is 0.305 e. The van der Waals surface area contributed by atoms with Gasteiger partial charge in [-0.05, 0) is 42.9 Å². The van der Waals surface area contributed by atoms with E-state index in [1.807, 2.05) is 0 Å². The normalized spacial score (nSPS) is 16.8. The zero-order valence-corrected chi connectivity index (χ0v) is 16.6. The van der Waals surface area contributed by atoms with Crippen molar-refractivity contribution in [3.63, 3.8) is 0 Å². The largest absolute Gasteiger partial charge is 0.305 e. The summed E-state index contributed by atoms with van der Waals surface area (Å²) in [6.07, 6.45) is 2.10. The zero-order chi connectivity index (χ0) is 20.5. The van der Waals surface area contributed by atoms with Gasteiger partial charge in [0, 0.05) is 29.9 Å². The number of halogens is 1. The fourth-order valence-corrected chi connectivity index (χ4v) is 6.19. The smallest absolute Gasteiger partial charge is 0.258 e. The van der Waals surface area contributed by atoms with Gasteiger partial charge < -0.3 is 0 Å². The average Bonchev–Trinajstić information content (AvgIpc) is 3.11. The van der Waals surface area contributed by atoms with Crippen LogP contribution in [0.25, 0.3) is 0 Å². The third kappa shape index (κ3) is 3.82. The lowest BCUT2D eigenvalue weighted by atomic mass is 9.96. The Morgan fingerprint density at radius 1 is 1.43 bits per heavy atom. The molecule has 3 rings (SSSR count). The second-order valence-electron chi connectivity index (χ2n) is 6.58. The van der Waals surface area contributed by atoms with Crippen LogP contribution in [0.1, 0.15) is 34.9 Å². The Bertz CT molecular complexity index is 1020. The summed E-state index contributed by atoms with van der Waals surface area (Å²) in [5.41, 5.74) is 0.486. The summed E-state index contributed by atoms with van der Waals surface area (Å²) >= 11 is 1.23. The van der Waals surface area contributed by atoms with E-state index in [1.54, 1.807) is 5.38 Å². The SMILES string of the molecule is CN(CCc1ccc(F)c([N+](=O)[O-])c1)S(=O)(=O)c1csc2c1CCCC2N=O. The van der Waals surface area contributed by atoms with Gasteiger partial charge in [-0.15, -0.1) is 11.3 Å². The van der Waals surface area contributed by atoms with Gasteiger partial charge in [0.1, 0.15) is 6.04 Å². The number of likely N-dealkylation sites (N-methyl/N-ethyl adjacent to an activating group) is 1. The fraction of sp³-hybridized carbons (Fsp3) is 0.412. The number of sulfonamides is 1. The number of hydrogen-bond acceptors (Lipinski definition) is 7. The molecule has 8 nitrogen and oxygen atoms in total. The second-order valence-corrected chi connectivity index (χ2v) is 9.50. The Hall–Kier alpha value is -2.24. The van der Waals surface area contributed by atoms with Crippen molar-refractivity contribution in [2.24, 2.45) is 5.18 Å². The van der Waals surface area contributed by atoms with E-state index in [0.717, 1.165) is 12.1 Å². The van der Waals surface area contributed by atoms with E-state index in [2.05, 4.69) is 5.18 Å². The third-order valence-corrected chi connectivity index (χ3v) is 8.03. The summed E-state index contributed by atoms with van der Waals surface area (Å²) in [5.74, 6) is -0.932. The molecular formula is C17H18FN3O5S2. The molecule has 1 aromatic carbocycles. The molecule has 0 amide bonds. The van der Waals surface area contributed by atoms with Crippen LogP contribution in [0.2, 0.25) is 0 Å². The number of nitro groups is 1. The Kier molecular flexibility index (Phi) is 5.87. The van der Waals surface area contributed by atoms with Crippen LogP contribution in [-0.4, -0.2) is 31.2 Å². The minimum Gasteiger partial charge on any atom is -0.258 e. The molecule has 150 valence electrons. The number of nitrogens with zero attached hydrogens (tertiary/aromatic N) is 3. The molecule has 28 heavy (non-hydrogen) atoms. The molecule has 0 spiro atoms. The van der Waals surface area contributed by atoms with Crippen LogP contribution in [-0.2, 0) is 22.9 Å². The molecule has 0 saturated heterocycles. The van der Waals surface area contributed by atoms with E-state index in [9.17, 15) is 27.8 Å². The highest BCUT2D eigenvalue weighted by Crippen LogP contribution is 2.41. The maximum absolute atomic E-state index is 13.4. The van der Waals surface area contributed by atoms with Gasteiger partial charge in [-0.1, -0.05) is 11.2 Å². The molecule has 0 radical (unpaired) electrons. The summed E-state index contributed by atoms with van der Waals surface area (Å²) in [6, 6.07) is 3.02. The summed E-state index contributed by atoms with van der Waals surface area (Å²) in [4.78, 5) is 21.9. The number of benzene rings is 1. The molecular weight excluding hydrogens is 409 g/mol. The molecule has 1 heterocycles. The fourth-order valence-electron chi connectivity index (χ4n) is 3.26. The Morgan fingerprint density at radius 2 is 2.18 bits per heavy atom. The highest BCUT2D eigenvalue weighted by molar-refractivity contribution is 7.89. The highest BCUT2D eigenvalue weighted by Gasteiger charge is 2.32. The van der Waals surface area contributed by atoms with Crippen molar-refractivity contribution in [2.75, 3.05) is 13.6 Å². The van der Waals surface area contributed by atoms with Crippen LogP contribution in [0.4, 0.5) is 10.1 Å². The molecule has 0 saturated carbocycles. The van der Waals surface area contributed by atoms with Gasteiger partial charge in [-0.2, -0.15) is 9.30 Å². The molecule has 2 aromatic rings. The predicted octanol–water partition coefficient (Wildman–Crippen LogP) is 3.80. The van der Waals surface area contributed by atoms with Crippen molar-refractivity contribution in [3.8, 4) is 0 Å². The third-order valence-electron chi connectivity index (χ3n) is 4.83. The highest BCUT2D eigenvalue weighted by atomic mass is 32.2. The molecule has 1 unspecified atom stereocenters. The summed E-state index contributed by atoms with van der Waals surface area (Å²) < 4.78 is 40.5. The van der Waals surface area contributed by atoms with Crippen molar-refractivity contribution in [1.82, 2.24) is 4.31 Å². The first-order valence-electron chi connectivity index (χ1n) is 8.57. The monoisotopic (exact) mass is 427 g/mol. The molecule has 1 atom stereocenters. The van der Waals surface area contributed by atoms with Crippen molar-refractivity contribution in [1.29, 1.82) is 0 Å². The predicted molar refractivity (Wildman–Crippen MR) is 102 cm³/mol. The number of nitro benzene ring substituents is 1. The first kappa shape index (κ1) is 20.5. The molecule has 1 aromatic heterocycles. The zero-order valence-electron chi connectivity index (χ0n) is 15.0. The van der Waals surface area contributed by atoms with Gasteiger partial charge in [0.2, 0.25) is 15.8 Å². The molecule has 0 bridgehead atoms. The number of nitroso groups, excluding NO2 is 1. The van der Waals surface area contributed by atoms with Crippen molar-refractivity contribution in [3.05, 3.63) is 60.4 Å². The molecule has 11 heteroatoms. The summed E-state index contributed by atoms with van der Waals surface area (Å²) in [5, 5.41) is 15.5. The lowest BCUT2D eigenvalue weighted by Gasteiger charge is -2.20. The molecule has 0 fully saturated rings. The number of hydrogen-bond donors (Lipinski definition) is 0. The number of thiophene rings is 1. The number of fused-ring (bicyclic) bond motifs is 1. The van der Waals surface area contributed by atoms with Crippen molar-refractivity contribution < 1.29 is 17.7 Å². The average molecular weight is 427 g/mol. The van der Waals surface area contributed by atoms with Crippen LogP contribution < -0.4 is 0 Å². The van der Waals surface area contributed by atoms with Gasteiger partial charge >= 0.3 is 5.69 Å².